The van der Waals surface area contributed by atoms with Crippen LogP contribution in [0.1, 0.15) is 24.5 Å². The molecular weight excluding hydrogens is 248 g/mol. The highest BCUT2D eigenvalue weighted by molar-refractivity contribution is 5.74. The van der Waals surface area contributed by atoms with Crippen LogP contribution < -0.4 is 0 Å². The van der Waals surface area contributed by atoms with E-state index in [4.69, 9.17) is 14.3 Å². The summed E-state index contributed by atoms with van der Waals surface area (Å²) >= 11 is 0. The topological polar surface area (TPSA) is 85.5 Å². The fourth-order valence-corrected chi connectivity index (χ4v) is 1.69. The second-order valence-electron chi connectivity index (χ2n) is 3.93. The third kappa shape index (κ3) is 2.79. The molecule has 1 aromatic carbocycles. The molecule has 19 heavy (non-hydrogen) atoms. The molecule has 1 atom stereocenters. The van der Waals surface area contributed by atoms with Gasteiger partial charge in [-0.1, -0.05) is 19.1 Å². The van der Waals surface area contributed by atoms with Gasteiger partial charge < -0.3 is 14.3 Å². The zero-order chi connectivity index (χ0) is 13.8. The summed E-state index contributed by atoms with van der Waals surface area (Å²) in [5.41, 5.74) is 1.31. The summed E-state index contributed by atoms with van der Waals surface area (Å²) in [6.45, 7) is 1.93. The molecule has 0 saturated carbocycles. The van der Waals surface area contributed by atoms with Gasteiger partial charge >= 0.3 is 5.97 Å². The lowest BCUT2D eigenvalue weighted by Crippen LogP contribution is -2.13. The lowest BCUT2D eigenvalue weighted by Gasteiger charge is -2.10. The van der Waals surface area contributed by atoms with E-state index < -0.39 is 12.1 Å². The van der Waals surface area contributed by atoms with Crippen LogP contribution >= 0.6 is 0 Å². The predicted molar refractivity (Wildman–Crippen MR) is 66.5 cm³/mol. The van der Waals surface area contributed by atoms with E-state index in [1.54, 1.807) is 24.3 Å². The van der Waals surface area contributed by atoms with Gasteiger partial charge in [-0.2, -0.15) is 0 Å². The Kier molecular flexibility index (Phi) is 3.91. The molecule has 0 aliphatic carbocycles. The van der Waals surface area contributed by atoms with E-state index >= 15 is 0 Å². The molecule has 0 aliphatic heterocycles. The summed E-state index contributed by atoms with van der Waals surface area (Å²) in [5.74, 6) is -0.0339. The number of methoxy groups -OCH3 is 1. The van der Waals surface area contributed by atoms with Crippen LogP contribution in [0.3, 0.4) is 0 Å². The number of carboxylic acid groups (broad SMARTS) is 1. The number of aromatic nitrogens is 2. The van der Waals surface area contributed by atoms with Crippen molar-refractivity contribution in [3.63, 3.8) is 0 Å². The number of nitrogens with zero attached hydrogens (tertiary/aromatic N) is 2. The first-order chi connectivity index (χ1) is 9.15. The van der Waals surface area contributed by atoms with Crippen LogP contribution in [0.2, 0.25) is 0 Å². The van der Waals surface area contributed by atoms with E-state index in [2.05, 4.69) is 10.2 Å². The molecule has 1 unspecified atom stereocenters. The average molecular weight is 262 g/mol. The van der Waals surface area contributed by atoms with Gasteiger partial charge in [0.05, 0.1) is 0 Å². The van der Waals surface area contributed by atoms with Crippen molar-refractivity contribution < 1.29 is 19.1 Å². The van der Waals surface area contributed by atoms with Crippen LogP contribution in [0.5, 0.6) is 0 Å². The summed E-state index contributed by atoms with van der Waals surface area (Å²) < 4.78 is 10.3. The molecule has 0 radical (unpaired) electrons. The summed E-state index contributed by atoms with van der Waals surface area (Å²) in [5, 5.41) is 16.8. The minimum atomic E-state index is -1.03. The maximum atomic E-state index is 11.0. The third-order valence-electron chi connectivity index (χ3n) is 2.69. The van der Waals surface area contributed by atoms with Gasteiger partial charge in [0.15, 0.2) is 6.10 Å². The Balaban J connectivity index is 2.25. The molecule has 0 aliphatic rings. The summed E-state index contributed by atoms with van der Waals surface area (Å²) in [7, 11) is 1.36. The van der Waals surface area contributed by atoms with Crippen molar-refractivity contribution in [2.75, 3.05) is 7.11 Å². The van der Waals surface area contributed by atoms with E-state index in [-0.39, 0.29) is 0 Å². The van der Waals surface area contributed by atoms with Crippen LogP contribution in [0.4, 0.5) is 0 Å². The largest absolute Gasteiger partial charge is 0.479 e. The van der Waals surface area contributed by atoms with Crippen LogP contribution in [0.25, 0.3) is 11.5 Å². The van der Waals surface area contributed by atoms with Crippen molar-refractivity contribution in [3.8, 4) is 11.5 Å². The maximum absolute atomic E-state index is 11.0. The van der Waals surface area contributed by atoms with E-state index in [0.717, 1.165) is 5.56 Å². The van der Waals surface area contributed by atoms with Gasteiger partial charge in [-0.25, -0.2) is 4.79 Å². The average Bonchev–Trinajstić information content (AvgIpc) is 2.89. The van der Waals surface area contributed by atoms with Gasteiger partial charge in [0, 0.05) is 19.1 Å². The highest BCUT2D eigenvalue weighted by atomic mass is 16.5. The number of aliphatic carboxylic acids is 1. The van der Waals surface area contributed by atoms with E-state index in [0.29, 0.717) is 23.8 Å². The number of hydrogen-bond acceptors (Lipinski definition) is 5. The Morgan fingerprint density at radius 3 is 2.53 bits per heavy atom. The fraction of sp³-hybridized carbons (Fsp3) is 0.308. The molecule has 6 heteroatoms. The summed E-state index contributed by atoms with van der Waals surface area (Å²) in [4.78, 5) is 11.0. The Labute approximate surface area is 110 Å². The number of benzene rings is 1. The van der Waals surface area contributed by atoms with Crippen LogP contribution in [-0.4, -0.2) is 28.4 Å². The Morgan fingerprint density at radius 2 is 2.05 bits per heavy atom. The molecule has 0 saturated heterocycles. The second-order valence-corrected chi connectivity index (χ2v) is 3.93. The predicted octanol–water partition coefficient (Wildman–Crippen LogP) is 2.07. The second kappa shape index (κ2) is 5.62. The quantitative estimate of drug-likeness (QED) is 0.887. The number of aryl methyl sites for hydroxylation is 1. The zero-order valence-corrected chi connectivity index (χ0v) is 10.7. The smallest absolute Gasteiger partial charge is 0.337 e. The molecule has 100 valence electrons. The SMILES string of the molecule is CCc1nnc(-c2ccc(C(OC)C(=O)O)cc2)o1. The van der Waals surface area contributed by atoms with Crippen LogP contribution in [0, 0.1) is 0 Å². The first kappa shape index (κ1) is 13.2. The van der Waals surface area contributed by atoms with Crippen molar-refractivity contribution >= 4 is 5.97 Å². The van der Waals surface area contributed by atoms with Gasteiger partial charge in [-0.05, 0) is 17.7 Å². The van der Waals surface area contributed by atoms with Gasteiger partial charge in [0.25, 0.3) is 0 Å². The van der Waals surface area contributed by atoms with Gasteiger partial charge in [-0.15, -0.1) is 10.2 Å². The monoisotopic (exact) mass is 262 g/mol. The molecular formula is C13H14N2O4. The van der Waals surface area contributed by atoms with Crippen molar-refractivity contribution in [1.82, 2.24) is 10.2 Å². The number of carboxylic acids is 1. The van der Waals surface area contributed by atoms with Crippen molar-refractivity contribution in [2.45, 2.75) is 19.4 Å². The molecule has 1 heterocycles. The first-order valence-corrected chi connectivity index (χ1v) is 5.84. The highest BCUT2D eigenvalue weighted by Gasteiger charge is 2.19. The van der Waals surface area contributed by atoms with Crippen molar-refractivity contribution in [2.24, 2.45) is 0 Å². The van der Waals surface area contributed by atoms with E-state index in [1.165, 1.54) is 7.11 Å². The van der Waals surface area contributed by atoms with Crippen LogP contribution in [-0.2, 0) is 16.0 Å². The molecule has 1 aromatic heterocycles. The molecule has 0 bridgehead atoms. The van der Waals surface area contributed by atoms with Gasteiger partial charge in [0.2, 0.25) is 11.8 Å². The number of hydrogen-bond donors (Lipinski definition) is 1. The summed E-state index contributed by atoms with van der Waals surface area (Å²) in [6, 6.07) is 6.81. The molecule has 0 spiro atoms. The zero-order valence-electron chi connectivity index (χ0n) is 10.7. The number of ether oxygens (including phenoxy) is 1. The van der Waals surface area contributed by atoms with Crippen LogP contribution in [0.15, 0.2) is 28.7 Å². The lowest BCUT2D eigenvalue weighted by molar-refractivity contribution is -0.148. The molecule has 0 amide bonds. The van der Waals surface area contributed by atoms with Gasteiger partial charge in [-0.3, -0.25) is 0 Å². The minimum absolute atomic E-state index is 0.424. The molecule has 2 rings (SSSR count). The fourth-order valence-electron chi connectivity index (χ4n) is 1.69. The van der Waals surface area contributed by atoms with Crippen molar-refractivity contribution in [1.29, 1.82) is 0 Å². The molecule has 2 aromatic rings. The summed E-state index contributed by atoms with van der Waals surface area (Å²) in [6.07, 6.45) is -0.293. The van der Waals surface area contributed by atoms with Gasteiger partial charge in [0.1, 0.15) is 0 Å². The highest BCUT2D eigenvalue weighted by Crippen LogP contribution is 2.22. The standard InChI is InChI=1S/C13H14N2O4/c1-3-10-14-15-12(19-10)9-6-4-8(5-7-9)11(18-2)13(16)17/h4-7,11H,3H2,1-2H3,(H,16,17). The first-order valence-electron chi connectivity index (χ1n) is 5.84. The molecule has 1 N–H and O–H groups in total. The lowest BCUT2D eigenvalue weighted by atomic mass is 10.1. The third-order valence-corrected chi connectivity index (χ3v) is 2.69. The number of carbonyl (C=O) groups is 1. The Morgan fingerprint density at radius 1 is 1.37 bits per heavy atom. The van der Waals surface area contributed by atoms with E-state index in [1.807, 2.05) is 6.92 Å². The molecule has 6 nitrogen and oxygen atoms in total. The Bertz CT molecular complexity index is 562. The Hall–Kier alpha value is -2.21. The molecule has 0 fully saturated rings. The van der Waals surface area contributed by atoms with Crippen molar-refractivity contribution in [3.05, 3.63) is 35.7 Å². The maximum Gasteiger partial charge on any atom is 0.337 e. The minimum Gasteiger partial charge on any atom is -0.479 e. The van der Waals surface area contributed by atoms with E-state index in [9.17, 15) is 4.79 Å². The number of rotatable bonds is 5. The normalized spacial score (nSPS) is 12.3.